The number of furan rings is 1. The van der Waals surface area contributed by atoms with E-state index in [0.29, 0.717) is 22.6 Å². The van der Waals surface area contributed by atoms with E-state index in [1.165, 1.54) is 5.57 Å². The highest BCUT2D eigenvalue weighted by Crippen LogP contribution is 2.48. The fourth-order valence-corrected chi connectivity index (χ4v) is 4.21. The summed E-state index contributed by atoms with van der Waals surface area (Å²) in [7, 11) is 1.59. The van der Waals surface area contributed by atoms with Gasteiger partial charge in [-0.3, -0.25) is 0 Å². The van der Waals surface area contributed by atoms with Crippen LogP contribution < -0.4 is 15.1 Å². The van der Waals surface area contributed by atoms with Crippen LogP contribution in [-0.2, 0) is 6.42 Å². The number of hydrogen-bond acceptors (Lipinski definition) is 5. The van der Waals surface area contributed by atoms with Crippen molar-refractivity contribution in [2.75, 3.05) is 7.11 Å². The first-order chi connectivity index (χ1) is 14.3. The first-order valence-corrected chi connectivity index (χ1v) is 10.3. The van der Waals surface area contributed by atoms with Gasteiger partial charge in [0, 0.05) is 18.4 Å². The Morgan fingerprint density at radius 2 is 2.10 bits per heavy atom. The topological polar surface area (TPSA) is 61.8 Å². The van der Waals surface area contributed by atoms with Crippen molar-refractivity contribution >= 4 is 11.0 Å². The third-order valence-corrected chi connectivity index (χ3v) is 6.16. The van der Waals surface area contributed by atoms with E-state index < -0.39 is 5.60 Å². The minimum Gasteiger partial charge on any atom is -0.497 e. The highest BCUT2D eigenvalue weighted by Gasteiger charge is 2.44. The Morgan fingerprint density at radius 1 is 1.30 bits per heavy atom. The minimum absolute atomic E-state index is 0.0586. The van der Waals surface area contributed by atoms with Crippen molar-refractivity contribution in [1.29, 1.82) is 0 Å². The van der Waals surface area contributed by atoms with Crippen LogP contribution in [0.4, 0.5) is 0 Å². The third-order valence-electron chi connectivity index (χ3n) is 6.16. The molecule has 2 aromatic heterocycles. The van der Waals surface area contributed by atoms with Crippen LogP contribution in [0.3, 0.4) is 0 Å². The number of aryl methyl sites for hydroxylation is 1. The molecule has 1 aromatic carbocycles. The predicted octanol–water partition coefficient (Wildman–Crippen LogP) is 5.93. The van der Waals surface area contributed by atoms with E-state index >= 15 is 0 Å². The van der Waals surface area contributed by atoms with Crippen molar-refractivity contribution in [3.63, 3.8) is 0 Å². The molecule has 3 heterocycles. The lowest BCUT2D eigenvalue weighted by Crippen LogP contribution is -2.33. The van der Waals surface area contributed by atoms with Gasteiger partial charge in [0.25, 0.3) is 0 Å². The van der Waals surface area contributed by atoms with Crippen molar-refractivity contribution in [2.24, 2.45) is 0 Å². The summed E-state index contributed by atoms with van der Waals surface area (Å²) in [6, 6.07) is 7.54. The van der Waals surface area contributed by atoms with Gasteiger partial charge in [0.05, 0.1) is 24.3 Å². The number of hydrogen-bond donors (Lipinski definition) is 0. The Kier molecular flexibility index (Phi) is 5.22. The second-order valence-corrected chi connectivity index (χ2v) is 8.49. The largest absolute Gasteiger partial charge is 0.497 e. The maximum atomic E-state index is 12.7. The van der Waals surface area contributed by atoms with Crippen LogP contribution in [0.25, 0.3) is 11.0 Å². The van der Waals surface area contributed by atoms with E-state index in [0.717, 1.165) is 36.0 Å². The average Bonchev–Trinajstić information content (AvgIpc) is 3.22. The van der Waals surface area contributed by atoms with Gasteiger partial charge in [-0.25, -0.2) is 4.79 Å². The van der Waals surface area contributed by atoms with Crippen LogP contribution in [0.1, 0.15) is 56.4 Å². The van der Waals surface area contributed by atoms with Gasteiger partial charge in [-0.1, -0.05) is 18.6 Å². The predicted molar refractivity (Wildman–Crippen MR) is 117 cm³/mol. The molecule has 0 N–H and O–H groups in total. The summed E-state index contributed by atoms with van der Waals surface area (Å²) in [5.74, 6) is 2.21. The van der Waals surface area contributed by atoms with Crippen molar-refractivity contribution in [1.82, 2.24) is 0 Å². The fraction of sp³-hybridized carbons (Fsp3) is 0.400. The average molecular weight is 408 g/mol. The zero-order valence-corrected chi connectivity index (χ0v) is 18.2. The molecule has 0 unspecified atom stereocenters. The van der Waals surface area contributed by atoms with Crippen molar-refractivity contribution in [3.05, 3.63) is 69.5 Å². The summed E-state index contributed by atoms with van der Waals surface area (Å²) in [5, 5.41) is 0.806. The Bertz CT molecular complexity index is 1170. The molecule has 1 aliphatic heterocycles. The summed E-state index contributed by atoms with van der Waals surface area (Å²) in [5.41, 5.74) is 2.71. The molecule has 2 atom stereocenters. The maximum Gasteiger partial charge on any atom is 0.343 e. The van der Waals surface area contributed by atoms with Gasteiger partial charge < -0.3 is 18.3 Å². The maximum absolute atomic E-state index is 12.7. The van der Waals surface area contributed by atoms with Gasteiger partial charge in [-0.05, 0) is 57.4 Å². The standard InChI is InChI=1S/C25H28O5/c1-15(11-19-12-16(2)14-28-19)7-6-10-25(4)17(3)22-23(30-25)20-9-8-18(27-5)13-21(20)29-24(22)26/h7-9,12-14,17H,6,10-11H2,1-5H3/b15-7+/t17-,25-/m0/s1. The van der Waals surface area contributed by atoms with Crippen LogP contribution in [-0.4, -0.2) is 12.7 Å². The van der Waals surface area contributed by atoms with Gasteiger partial charge in [-0.15, -0.1) is 0 Å². The van der Waals surface area contributed by atoms with E-state index in [1.807, 2.05) is 26.0 Å². The van der Waals surface area contributed by atoms with Gasteiger partial charge in [-0.2, -0.15) is 0 Å². The third kappa shape index (κ3) is 3.64. The lowest BCUT2D eigenvalue weighted by Gasteiger charge is -2.28. The molecule has 158 valence electrons. The highest BCUT2D eigenvalue weighted by atomic mass is 16.5. The molecule has 5 heteroatoms. The van der Waals surface area contributed by atoms with E-state index in [-0.39, 0.29) is 11.5 Å². The Labute approximate surface area is 176 Å². The van der Waals surface area contributed by atoms with Crippen LogP contribution >= 0.6 is 0 Å². The van der Waals surface area contributed by atoms with Crippen molar-refractivity contribution in [2.45, 2.75) is 58.5 Å². The van der Waals surface area contributed by atoms with Gasteiger partial charge in [0.15, 0.2) is 0 Å². The number of ether oxygens (including phenoxy) is 2. The molecule has 5 nitrogen and oxygen atoms in total. The van der Waals surface area contributed by atoms with Crippen LogP contribution in [0.15, 0.2) is 55.8 Å². The second kappa shape index (κ2) is 7.71. The first kappa shape index (κ1) is 20.3. The zero-order chi connectivity index (χ0) is 21.5. The highest BCUT2D eigenvalue weighted by molar-refractivity contribution is 5.86. The molecule has 1 aliphatic rings. The molecule has 0 saturated heterocycles. The molecule has 3 aromatic rings. The molecule has 0 fully saturated rings. The lowest BCUT2D eigenvalue weighted by atomic mass is 9.84. The van der Waals surface area contributed by atoms with Gasteiger partial charge in [0.1, 0.15) is 28.4 Å². The number of methoxy groups -OCH3 is 1. The SMILES string of the molecule is COc1ccc2c3c(c(=O)oc2c1)[C@H](C)[C@](C)(CC/C=C(\C)Cc1cc(C)co1)O3. The zero-order valence-electron chi connectivity index (χ0n) is 18.2. The second-order valence-electron chi connectivity index (χ2n) is 8.49. The normalized spacial score (nSPS) is 21.0. The Balaban J connectivity index is 1.54. The summed E-state index contributed by atoms with van der Waals surface area (Å²) in [6.45, 7) is 8.26. The summed E-state index contributed by atoms with van der Waals surface area (Å²) >= 11 is 0. The van der Waals surface area contributed by atoms with Crippen LogP contribution in [0, 0.1) is 6.92 Å². The molecular weight excluding hydrogens is 380 g/mol. The number of allylic oxidation sites excluding steroid dienone is 2. The fourth-order valence-electron chi connectivity index (χ4n) is 4.21. The quantitative estimate of drug-likeness (QED) is 0.374. The van der Waals surface area contributed by atoms with Crippen LogP contribution in [0.2, 0.25) is 0 Å². The number of fused-ring (bicyclic) bond motifs is 3. The molecule has 0 aliphatic carbocycles. The van der Waals surface area contributed by atoms with Gasteiger partial charge >= 0.3 is 5.63 Å². The molecule has 4 rings (SSSR count). The summed E-state index contributed by atoms with van der Waals surface area (Å²) in [6.07, 6.45) is 6.47. The molecule has 0 bridgehead atoms. The molecular formula is C25H28O5. The molecule has 0 radical (unpaired) electrons. The van der Waals surface area contributed by atoms with Crippen LogP contribution in [0.5, 0.6) is 11.5 Å². The summed E-state index contributed by atoms with van der Waals surface area (Å²) < 4.78 is 22.8. The van der Waals surface area contributed by atoms with E-state index in [1.54, 1.807) is 19.4 Å². The van der Waals surface area contributed by atoms with E-state index in [2.05, 4.69) is 26.0 Å². The van der Waals surface area contributed by atoms with Gasteiger partial charge in [0.2, 0.25) is 0 Å². The molecule has 0 amide bonds. The molecule has 30 heavy (non-hydrogen) atoms. The number of benzene rings is 1. The Morgan fingerprint density at radius 3 is 2.80 bits per heavy atom. The monoisotopic (exact) mass is 408 g/mol. The lowest BCUT2D eigenvalue weighted by molar-refractivity contribution is 0.0862. The van der Waals surface area contributed by atoms with E-state index in [4.69, 9.17) is 18.3 Å². The smallest absolute Gasteiger partial charge is 0.343 e. The molecule has 0 spiro atoms. The van der Waals surface area contributed by atoms with Crippen molar-refractivity contribution < 1.29 is 18.3 Å². The first-order valence-electron chi connectivity index (χ1n) is 10.3. The Hall–Kier alpha value is -2.95. The minimum atomic E-state index is -0.469. The van der Waals surface area contributed by atoms with E-state index in [9.17, 15) is 4.79 Å². The molecule has 0 saturated carbocycles. The number of rotatable bonds is 6. The summed E-state index contributed by atoms with van der Waals surface area (Å²) in [4.78, 5) is 12.7. The van der Waals surface area contributed by atoms with Crippen molar-refractivity contribution in [3.8, 4) is 11.5 Å².